The molecule has 0 spiro atoms. The van der Waals surface area contributed by atoms with Gasteiger partial charge in [-0.1, -0.05) is 6.07 Å². The smallest absolute Gasteiger partial charge is 0.214 e. The van der Waals surface area contributed by atoms with Crippen LogP contribution in [0, 0.1) is 5.82 Å². The molecule has 1 N–H and O–H groups in total. The predicted octanol–water partition coefficient (Wildman–Crippen LogP) is 3.93. The number of amides is 1. The molecule has 0 saturated heterocycles. The molecular formula is C20H15FN4O. The Labute approximate surface area is 149 Å². The van der Waals surface area contributed by atoms with Crippen LogP contribution in [0.2, 0.25) is 0 Å². The van der Waals surface area contributed by atoms with Crippen LogP contribution in [-0.4, -0.2) is 21.6 Å². The van der Waals surface area contributed by atoms with E-state index in [1.807, 2.05) is 36.4 Å². The summed E-state index contributed by atoms with van der Waals surface area (Å²) in [5.41, 5.74) is 3.90. The number of hydrogen-bond acceptors (Lipinski definition) is 3. The average molecular weight is 346 g/mol. The van der Waals surface area contributed by atoms with Crippen molar-refractivity contribution in [2.45, 2.75) is 6.54 Å². The summed E-state index contributed by atoms with van der Waals surface area (Å²) >= 11 is 0. The average Bonchev–Trinajstić information content (AvgIpc) is 3.11. The highest BCUT2D eigenvalue weighted by Gasteiger charge is 2.12. The molecule has 1 amide bonds. The number of nitrogens with one attached hydrogen (secondary N) is 1. The lowest BCUT2D eigenvalue weighted by molar-refractivity contribution is -0.107. The van der Waals surface area contributed by atoms with E-state index in [-0.39, 0.29) is 5.82 Å². The second kappa shape index (κ2) is 6.76. The van der Waals surface area contributed by atoms with Crippen LogP contribution in [0.3, 0.4) is 0 Å². The molecule has 0 bridgehead atoms. The zero-order chi connectivity index (χ0) is 17.9. The van der Waals surface area contributed by atoms with E-state index in [9.17, 15) is 9.18 Å². The van der Waals surface area contributed by atoms with Crippen molar-refractivity contribution in [1.29, 1.82) is 0 Å². The molecule has 128 valence electrons. The van der Waals surface area contributed by atoms with Crippen LogP contribution >= 0.6 is 0 Å². The summed E-state index contributed by atoms with van der Waals surface area (Å²) in [5.74, 6) is -0.295. The highest BCUT2D eigenvalue weighted by molar-refractivity contribution is 5.96. The SMILES string of the molecule is O=CN(Cc1ccccn1)c1ccc2[nH]nc(-c3ccc(F)cc3)c2c1. The van der Waals surface area contributed by atoms with Crippen LogP contribution < -0.4 is 4.90 Å². The second-order valence-corrected chi connectivity index (χ2v) is 5.86. The molecule has 4 aromatic rings. The summed E-state index contributed by atoms with van der Waals surface area (Å²) in [4.78, 5) is 17.5. The van der Waals surface area contributed by atoms with E-state index >= 15 is 0 Å². The molecule has 2 aromatic heterocycles. The van der Waals surface area contributed by atoms with E-state index in [1.165, 1.54) is 12.1 Å². The molecule has 0 saturated carbocycles. The summed E-state index contributed by atoms with van der Waals surface area (Å²) in [6.45, 7) is 0.375. The fraction of sp³-hybridized carbons (Fsp3) is 0.0500. The molecule has 0 unspecified atom stereocenters. The predicted molar refractivity (Wildman–Crippen MR) is 98.0 cm³/mol. The lowest BCUT2D eigenvalue weighted by Crippen LogP contribution is -2.20. The number of carbonyl (C=O) groups is 1. The van der Waals surface area contributed by atoms with Crippen LogP contribution in [0.25, 0.3) is 22.2 Å². The first-order chi connectivity index (χ1) is 12.7. The van der Waals surface area contributed by atoms with Crippen molar-refractivity contribution in [3.63, 3.8) is 0 Å². The van der Waals surface area contributed by atoms with E-state index in [1.54, 1.807) is 23.2 Å². The Hall–Kier alpha value is -3.54. The number of rotatable bonds is 5. The topological polar surface area (TPSA) is 61.9 Å². The van der Waals surface area contributed by atoms with E-state index in [4.69, 9.17) is 0 Å². The number of anilines is 1. The van der Waals surface area contributed by atoms with Crippen molar-refractivity contribution < 1.29 is 9.18 Å². The number of halogens is 1. The van der Waals surface area contributed by atoms with Gasteiger partial charge in [0.2, 0.25) is 6.41 Å². The molecular weight excluding hydrogens is 331 g/mol. The van der Waals surface area contributed by atoms with Crippen LogP contribution in [0.4, 0.5) is 10.1 Å². The zero-order valence-corrected chi connectivity index (χ0v) is 13.8. The third kappa shape index (κ3) is 3.04. The number of hydrogen-bond donors (Lipinski definition) is 1. The van der Waals surface area contributed by atoms with Gasteiger partial charge in [-0.15, -0.1) is 0 Å². The summed E-state index contributed by atoms with van der Waals surface area (Å²) in [6, 6.07) is 17.4. The zero-order valence-electron chi connectivity index (χ0n) is 13.8. The third-order valence-electron chi connectivity index (χ3n) is 4.18. The van der Waals surface area contributed by atoms with Crippen molar-refractivity contribution in [1.82, 2.24) is 15.2 Å². The Morgan fingerprint density at radius 1 is 1.08 bits per heavy atom. The van der Waals surface area contributed by atoms with Crippen molar-refractivity contribution in [3.8, 4) is 11.3 Å². The molecule has 2 heterocycles. The number of aromatic nitrogens is 3. The molecule has 0 aliphatic rings. The maximum atomic E-state index is 13.2. The maximum absolute atomic E-state index is 13.2. The van der Waals surface area contributed by atoms with Gasteiger partial charge in [-0.3, -0.25) is 14.9 Å². The Morgan fingerprint density at radius 3 is 2.65 bits per heavy atom. The van der Waals surface area contributed by atoms with Gasteiger partial charge in [0.25, 0.3) is 0 Å². The van der Waals surface area contributed by atoms with Crippen LogP contribution in [-0.2, 0) is 11.3 Å². The number of aromatic amines is 1. The minimum Gasteiger partial charge on any atom is -0.309 e. The molecule has 26 heavy (non-hydrogen) atoms. The monoisotopic (exact) mass is 346 g/mol. The van der Waals surface area contributed by atoms with E-state index < -0.39 is 0 Å². The fourth-order valence-corrected chi connectivity index (χ4v) is 2.86. The number of carbonyl (C=O) groups excluding carboxylic acids is 1. The van der Waals surface area contributed by atoms with Crippen molar-refractivity contribution in [2.24, 2.45) is 0 Å². The van der Waals surface area contributed by atoms with E-state index in [0.717, 1.165) is 34.3 Å². The fourth-order valence-electron chi connectivity index (χ4n) is 2.86. The Balaban J connectivity index is 1.73. The minimum absolute atomic E-state index is 0.295. The molecule has 0 atom stereocenters. The standard InChI is InChI=1S/C20H15FN4O/c21-15-6-4-14(5-7-15)20-18-11-17(8-9-19(18)23-24-20)25(13-26)12-16-3-1-2-10-22-16/h1-11,13H,12H2,(H,23,24). The number of nitrogens with zero attached hydrogens (tertiary/aromatic N) is 3. The van der Waals surface area contributed by atoms with Crippen molar-refractivity contribution >= 4 is 23.0 Å². The maximum Gasteiger partial charge on any atom is 0.214 e. The number of pyridine rings is 1. The van der Waals surface area contributed by atoms with Gasteiger partial charge < -0.3 is 4.90 Å². The Morgan fingerprint density at radius 2 is 1.92 bits per heavy atom. The van der Waals surface area contributed by atoms with Gasteiger partial charge >= 0.3 is 0 Å². The normalized spacial score (nSPS) is 10.8. The molecule has 4 rings (SSSR count). The summed E-state index contributed by atoms with van der Waals surface area (Å²) in [5, 5.41) is 8.17. The lowest BCUT2D eigenvalue weighted by atomic mass is 10.1. The molecule has 0 fully saturated rings. The van der Waals surface area contributed by atoms with Gasteiger partial charge in [0.1, 0.15) is 5.82 Å². The summed E-state index contributed by atoms with van der Waals surface area (Å²) in [6.07, 6.45) is 2.48. The van der Waals surface area contributed by atoms with Crippen molar-refractivity contribution in [3.05, 3.63) is 78.4 Å². The molecule has 0 radical (unpaired) electrons. The van der Waals surface area contributed by atoms with Gasteiger partial charge in [0, 0.05) is 22.8 Å². The summed E-state index contributed by atoms with van der Waals surface area (Å²) < 4.78 is 13.2. The second-order valence-electron chi connectivity index (χ2n) is 5.86. The number of H-pyrrole nitrogens is 1. The minimum atomic E-state index is -0.295. The van der Waals surface area contributed by atoms with Gasteiger partial charge in [0.05, 0.1) is 23.4 Å². The highest BCUT2D eigenvalue weighted by atomic mass is 19.1. The molecule has 6 heteroatoms. The number of benzene rings is 2. The van der Waals surface area contributed by atoms with Crippen LogP contribution in [0.5, 0.6) is 0 Å². The molecule has 5 nitrogen and oxygen atoms in total. The van der Waals surface area contributed by atoms with E-state index in [2.05, 4.69) is 15.2 Å². The first-order valence-corrected chi connectivity index (χ1v) is 8.10. The third-order valence-corrected chi connectivity index (χ3v) is 4.18. The quantitative estimate of drug-likeness (QED) is 0.557. The van der Waals surface area contributed by atoms with Gasteiger partial charge in [-0.25, -0.2) is 4.39 Å². The lowest BCUT2D eigenvalue weighted by Gasteiger charge is -2.17. The van der Waals surface area contributed by atoms with Gasteiger partial charge in [0.15, 0.2) is 0 Å². The van der Waals surface area contributed by atoms with Crippen molar-refractivity contribution in [2.75, 3.05) is 4.90 Å². The Kier molecular flexibility index (Phi) is 4.15. The number of fused-ring (bicyclic) bond motifs is 1. The van der Waals surface area contributed by atoms with Crippen LogP contribution in [0.1, 0.15) is 5.69 Å². The van der Waals surface area contributed by atoms with Gasteiger partial charge in [-0.2, -0.15) is 5.10 Å². The first-order valence-electron chi connectivity index (χ1n) is 8.10. The van der Waals surface area contributed by atoms with Crippen LogP contribution in [0.15, 0.2) is 66.9 Å². The highest BCUT2D eigenvalue weighted by Crippen LogP contribution is 2.30. The molecule has 0 aliphatic carbocycles. The van der Waals surface area contributed by atoms with Gasteiger partial charge in [-0.05, 0) is 54.6 Å². The molecule has 2 aromatic carbocycles. The largest absolute Gasteiger partial charge is 0.309 e. The Bertz CT molecular complexity index is 1040. The summed E-state index contributed by atoms with van der Waals surface area (Å²) in [7, 11) is 0. The van der Waals surface area contributed by atoms with E-state index in [0.29, 0.717) is 12.2 Å². The first kappa shape index (κ1) is 16.0. The molecule has 0 aliphatic heterocycles.